The summed E-state index contributed by atoms with van der Waals surface area (Å²) in [5, 5.41) is 1.24. The highest BCUT2D eigenvalue weighted by Gasteiger charge is 2.38. The molecule has 0 saturated carbocycles. The predicted molar refractivity (Wildman–Crippen MR) is 98.3 cm³/mol. The molecule has 0 aliphatic rings. The van der Waals surface area contributed by atoms with Gasteiger partial charge >= 0.3 is 7.82 Å². The SMILES string of the molecule is CCC(Cl)(Cl)OP(=O)(OCC(Br)CBr)OCC(Br)CBr. The number of phosphoric ester groups is 1. The van der Waals surface area contributed by atoms with Crippen molar-refractivity contribution in [2.75, 3.05) is 23.9 Å². The topological polar surface area (TPSA) is 44.8 Å². The highest BCUT2D eigenvalue weighted by molar-refractivity contribution is 9.12. The Morgan fingerprint density at radius 3 is 1.80 bits per heavy atom. The second-order valence-electron chi connectivity index (χ2n) is 3.62. The van der Waals surface area contributed by atoms with E-state index in [1.54, 1.807) is 6.92 Å². The smallest absolute Gasteiger partial charge is 0.286 e. The van der Waals surface area contributed by atoms with Crippen molar-refractivity contribution in [1.82, 2.24) is 0 Å². The minimum atomic E-state index is -3.86. The van der Waals surface area contributed by atoms with Gasteiger partial charge in [0.15, 0.2) is 0 Å². The summed E-state index contributed by atoms with van der Waals surface area (Å²) in [5.41, 5.74) is 0. The maximum Gasteiger partial charge on any atom is 0.477 e. The van der Waals surface area contributed by atoms with Gasteiger partial charge in [-0.15, -0.1) is 0 Å². The van der Waals surface area contributed by atoms with Crippen molar-refractivity contribution in [1.29, 1.82) is 0 Å². The monoisotopic (exact) mass is 604 g/mol. The average molecular weight is 609 g/mol. The molecule has 122 valence electrons. The maximum atomic E-state index is 12.5. The van der Waals surface area contributed by atoms with Crippen molar-refractivity contribution in [3.63, 3.8) is 0 Å². The van der Waals surface area contributed by atoms with E-state index in [-0.39, 0.29) is 29.3 Å². The number of alkyl halides is 6. The molecule has 11 heteroatoms. The Balaban J connectivity index is 4.70. The van der Waals surface area contributed by atoms with Gasteiger partial charge in [-0.25, -0.2) is 9.09 Å². The number of hydrogen-bond acceptors (Lipinski definition) is 4. The molecule has 0 saturated heterocycles. The first-order valence-electron chi connectivity index (χ1n) is 5.55. The third-order valence-corrected chi connectivity index (χ3v) is 8.67. The van der Waals surface area contributed by atoms with E-state index >= 15 is 0 Å². The molecule has 0 spiro atoms. The predicted octanol–water partition coefficient (Wildman–Crippen LogP) is 6.00. The van der Waals surface area contributed by atoms with E-state index in [4.69, 9.17) is 36.8 Å². The summed E-state index contributed by atoms with van der Waals surface area (Å²) in [4.78, 5) is -0.0821. The van der Waals surface area contributed by atoms with Crippen molar-refractivity contribution >= 4 is 94.7 Å². The van der Waals surface area contributed by atoms with E-state index in [2.05, 4.69) is 63.7 Å². The van der Waals surface area contributed by atoms with Crippen molar-refractivity contribution in [2.24, 2.45) is 0 Å². The Morgan fingerprint density at radius 1 is 1.10 bits per heavy atom. The van der Waals surface area contributed by atoms with Crippen LogP contribution in [0.4, 0.5) is 0 Å². The van der Waals surface area contributed by atoms with Crippen LogP contribution in [0, 0.1) is 0 Å². The first kappa shape index (κ1) is 22.6. The second-order valence-corrected chi connectivity index (χ2v) is 10.5. The molecule has 0 aromatic carbocycles. The first-order valence-corrected chi connectivity index (χ1v) is 11.8. The number of rotatable bonds is 11. The van der Waals surface area contributed by atoms with Crippen LogP contribution in [-0.4, -0.2) is 38.0 Å². The van der Waals surface area contributed by atoms with Gasteiger partial charge in [0.05, 0.1) is 13.2 Å². The molecule has 0 radical (unpaired) electrons. The maximum absolute atomic E-state index is 12.5. The fraction of sp³-hybridized carbons (Fsp3) is 1.00. The fourth-order valence-electron chi connectivity index (χ4n) is 0.752. The van der Waals surface area contributed by atoms with Crippen LogP contribution < -0.4 is 0 Å². The van der Waals surface area contributed by atoms with Crippen LogP contribution >= 0.6 is 94.7 Å². The van der Waals surface area contributed by atoms with Crippen LogP contribution in [0.1, 0.15) is 13.3 Å². The van der Waals surface area contributed by atoms with E-state index < -0.39 is 12.3 Å². The van der Waals surface area contributed by atoms with Crippen LogP contribution in [0.5, 0.6) is 0 Å². The highest BCUT2D eigenvalue weighted by Crippen LogP contribution is 2.55. The zero-order chi connectivity index (χ0) is 15.8. The molecule has 4 nitrogen and oxygen atoms in total. The van der Waals surface area contributed by atoms with Gasteiger partial charge in [0.2, 0.25) is 4.52 Å². The van der Waals surface area contributed by atoms with Gasteiger partial charge in [0.1, 0.15) is 0 Å². The summed E-state index contributed by atoms with van der Waals surface area (Å²) < 4.78 is 26.5. The zero-order valence-corrected chi connectivity index (χ0v) is 19.3. The molecule has 2 atom stereocenters. The fourth-order valence-corrected chi connectivity index (χ4v) is 3.67. The quantitative estimate of drug-likeness (QED) is 0.213. The summed E-state index contributed by atoms with van der Waals surface area (Å²) >= 11 is 24.9. The molecule has 0 bridgehead atoms. The number of hydrogen-bond donors (Lipinski definition) is 0. The minimum absolute atomic E-state index is 0.0411. The molecule has 0 aliphatic heterocycles. The van der Waals surface area contributed by atoms with Gasteiger partial charge in [-0.1, -0.05) is 93.8 Å². The van der Waals surface area contributed by atoms with E-state index in [1.807, 2.05) is 0 Å². The Labute approximate surface area is 163 Å². The Morgan fingerprint density at radius 2 is 1.50 bits per heavy atom. The lowest BCUT2D eigenvalue weighted by Crippen LogP contribution is -2.20. The van der Waals surface area contributed by atoms with Gasteiger partial charge in [-0.2, -0.15) is 0 Å². The van der Waals surface area contributed by atoms with Crippen LogP contribution in [0.15, 0.2) is 0 Å². The minimum Gasteiger partial charge on any atom is -0.286 e. The molecular formula is C9H15Br4Cl2O4P. The number of phosphoric acid groups is 1. The largest absolute Gasteiger partial charge is 0.477 e. The second kappa shape index (κ2) is 11.2. The van der Waals surface area contributed by atoms with Crippen molar-refractivity contribution < 1.29 is 18.1 Å². The van der Waals surface area contributed by atoms with E-state index in [9.17, 15) is 4.57 Å². The summed E-state index contributed by atoms with van der Waals surface area (Å²) in [6.07, 6.45) is 0.235. The van der Waals surface area contributed by atoms with Crippen molar-refractivity contribution in [3.05, 3.63) is 0 Å². The van der Waals surface area contributed by atoms with E-state index in [0.717, 1.165) is 0 Å². The summed E-state index contributed by atoms with van der Waals surface area (Å²) in [5.74, 6) is 0. The summed E-state index contributed by atoms with van der Waals surface area (Å²) in [6.45, 7) is 1.94. The lowest BCUT2D eigenvalue weighted by molar-refractivity contribution is 0.0916. The highest BCUT2D eigenvalue weighted by atomic mass is 79.9. The molecule has 0 amide bonds. The van der Waals surface area contributed by atoms with Crippen LogP contribution in [0.25, 0.3) is 0 Å². The Kier molecular flexibility index (Phi) is 12.7. The Hall–Kier alpha value is 2.61. The lowest BCUT2D eigenvalue weighted by atomic mass is 10.5. The zero-order valence-electron chi connectivity index (χ0n) is 10.5. The van der Waals surface area contributed by atoms with Crippen molar-refractivity contribution in [2.45, 2.75) is 27.5 Å². The third-order valence-electron chi connectivity index (χ3n) is 1.82. The standard InChI is InChI=1S/C9H15Br4Cl2O4P/c1-2-9(14,15)19-20(16,17-5-7(12)3-10)18-6-8(13)4-11/h7-8H,2-6H2,1H3. The molecule has 0 aromatic heterocycles. The van der Waals surface area contributed by atoms with Crippen LogP contribution in [-0.2, 0) is 18.1 Å². The van der Waals surface area contributed by atoms with Gasteiger partial charge in [0, 0.05) is 26.7 Å². The summed E-state index contributed by atoms with van der Waals surface area (Å²) in [6, 6.07) is 0. The normalized spacial score (nSPS) is 18.6. The summed E-state index contributed by atoms with van der Waals surface area (Å²) in [7, 11) is -3.86. The molecule has 0 aromatic rings. The van der Waals surface area contributed by atoms with Gasteiger partial charge in [0.25, 0.3) is 0 Å². The first-order chi connectivity index (χ1) is 9.18. The van der Waals surface area contributed by atoms with Gasteiger partial charge in [-0.05, 0) is 0 Å². The van der Waals surface area contributed by atoms with Crippen molar-refractivity contribution in [3.8, 4) is 0 Å². The average Bonchev–Trinajstić information content (AvgIpc) is 2.41. The van der Waals surface area contributed by atoms with Crippen LogP contribution in [0.2, 0.25) is 0 Å². The van der Waals surface area contributed by atoms with Gasteiger partial charge in [-0.3, -0.25) is 9.05 Å². The third kappa shape index (κ3) is 10.4. The van der Waals surface area contributed by atoms with Crippen LogP contribution in [0.3, 0.4) is 0 Å². The lowest BCUT2D eigenvalue weighted by Gasteiger charge is -2.25. The molecule has 0 aliphatic carbocycles. The van der Waals surface area contributed by atoms with Gasteiger partial charge < -0.3 is 0 Å². The Bertz CT molecular complexity index is 306. The molecule has 2 unspecified atom stereocenters. The molecule has 0 rings (SSSR count). The molecular weight excluding hydrogens is 594 g/mol. The van der Waals surface area contributed by atoms with E-state index in [0.29, 0.717) is 10.7 Å². The molecule has 0 fully saturated rings. The number of halogens is 6. The van der Waals surface area contributed by atoms with E-state index in [1.165, 1.54) is 0 Å². The molecule has 20 heavy (non-hydrogen) atoms. The molecule has 0 heterocycles. The molecule has 0 N–H and O–H groups in total.